The number of carbonyl (C=O) groups is 2. The van der Waals surface area contributed by atoms with Crippen LogP contribution in [0.3, 0.4) is 0 Å². The largest absolute Gasteiger partial charge is 0.480 e. The van der Waals surface area contributed by atoms with E-state index in [4.69, 9.17) is 5.11 Å². The molecule has 0 saturated heterocycles. The lowest BCUT2D eigenvalue weighted by atomic mass is 10.1. The summed E-state index contributed by atoms with van der Waals surface area (Å²) in [4.78, 5) is 28.3. The van der Waals surface area contributed by atoms with Gasteiger partial charge >= 0.3 is 5.97 Å². The molecule has 1 unspecified atom stereocenters. The van der Waals surface area contributed by atoms with Crippen molar-refractivity contribution in [2.45, 2.75) is 39.7 Å². The number of hydrogen-bond acceptors (Lipinski definition) is 4. The van der Waals surface area contributed by atoms with Crippen LogP contribution in [0.5, 0.6) is 0 Å². The number of amides is 1. The molecule has 1 aromatic heterocycles. The quantitative estimate of drug-likeness (QED) is 0.816. The summed E-state index contributed by atoms with van der Waals surface area (Å²) < 4.78 is 0. The molecular weight excluding hydrogens is 252 g/mol. The van der Waals surface area contributed by atoms with E-state index in [-0.39, 0.29) is 11.9 Å². The summed E-state index contributed by atoms with van der Waals surface area (Å²) >= 11 is 1.53. The third kappa shape index (κ3) is 2.12. The van der Waals surface area contributed by atoms with Gasteiger partial charge in [-0.05, 0) is 33.6 Å². The van der Waals surface area contributed by atoms with Crippen LogP contribution in [0.1, 0.15) is 41.4 Å². The standard InChI is InChI=1S/C12H16N2O3S/c1-6-9(18-8(3)13-6)7(2)14-10(15)12(4-5-12)11(16)17/h7H,4-5H2,1-3H3,(H,14,15)(H,16,17). The van der Waals surface area contributed by atoms with Crippen molar-refractivity contribution in [3.8, 4) is 0 Å². The highest BCUT2D eigenvalue weighted by atomic mass is 32.1. The zero-order valence-electron chi connectivity index (χ0n) is 10.6. The number of aliphatic carboxylic acids is 1. The first-order chi connectivity index (χ1) is 8.36. The first-order valence-corrected chi connectivity index (χ1v) is 6.67. The van der Waals surface area contributed by atoms with Gasteiger partial charge in [-0.1, -0.05) is 0 Å². The Labute approximate surface area is 109 Å². The Morgan fingerprint density at radius 3 is 2.44 bits per heavy atom. The number of aromatic nitrogens is 1. The minimum Gasteiger partial charge on any atom is -0.480 e. The molecule has 1 aromatic rings. The molecular formula is C12H16N2O3S. The lowest BCUT2D eigenvalue weighted by molar-refractivity contribution is -0.149. The van der Waals surface area contributed by atoms with Crippen LogP contribution in [-0.4, -0.2) is 22.0 Å². The van der Waals surface area contributed by atoms with Gasteiger partial charge in [0.1, 0.15) is 5.41 Å². The Kier molecular flexibility index (Phi) is 3.14. The molecule has 1 fully saturated rings. The van der Waals surface area contributed by atoms with Crippen molar-refractivity contribution in [3.05, 3.63) is 15.6 Å². The van der Waals surface area contributed by atoms with E-state index in [1.54, 1.807) is 0 Å². The number of thiazole rings is 1. The van der Waals surface area contributed by atoms with Crippen LogP contribution in [-0.2, 0) is 9.59 Å². The number of carboxylic acid groups (broad SMARTS) is 1. The van der Waals surface area contributed by atoms with Crippen molar-refractivity contribution in [3.63, 3.8) is 0 Å². The van der Waals surface area contributed by atoms with Gasteiger partial charge in [0.2, 0.25) is 5.91 Å². The van der Waals surface area contributed by atoms with Crippen LogP contribution < -0.4 is 5.32 Å². The fourth-order valence-corrected chi connectivity index (χ4v) is 2.94. The molecule has 5 nitrogen and oxygen atoms in total. The lowest BCUT2D eigenvalue weighted by Gasteiger charge is -2.16. The van der Waals surface area contributed by atoms with Crippen LogP contribution in [0, 0.1) is 19.3 Å². The highest BCUT2D eigenvalue weighted by Crippen LogP contribution is 2.46. The van der Waals surface area contributed by atoms with Gasteiger partial charge in [-0.15, -0.1) is 11.3 Å². The molecule has 2 N–H and O–H groups in total. The Balaban J connectivity index is 2.08. The van der Waals surface area contributed by atoms with Crippen LogP contribution in [0.15, 0.2) is 0 Å². The van der Waals surface area contributed by atoms with E-state index in [0.717, 1.165) is 15.6 Å². The molecule has 6 heteroatoms. The Hall–Kier alpha value is -1.43. The SMILES string of the molecule is Cc1nc(C)c(C(C)NC(=O)C2(C(=O)O)CC2)s1. The molecule has 1 atom stereocenters. The van der Waals surface area contributed by atoms with Crippen LogP contribution in [0.2, 0.25) is 0 Å². The van der Waals surface area contributed by atoms with Gasteiger partial charge in [0.25, 0.3) is 0 Å². The van der Waals surface area contributed by atoms with Crippen LogP contribution >= 0.6 is 11.3 Å². The topological polar surface area (TPSA) is 79.3 Å². The summed E-state index contributed by atoms with van der Waals surface area (Å²) in [6.07, 6.45) is 0.864. The number of hydrogen-bond donors (Lipinski definition) is 2. The molecule has 1 heterocycles. The molecule has 0 aromatic carbocycles. The Bertz CT molecular complexity index is 505. The summed E-state index contributed by atoms with van der Waals surface area (Å²) in [5, 5.41) is 12.8. The van der Waals surface area contributed by atoms with Gasteiger partial charge in [-0.2, -0.15) is 0 Å². The number of nitrogens with zero attached hydrogens (tertiary/aromatic N) is 1. The molecule has 1 amide bonds. The van der Waals surface area contributed by atoms with Gasteiger partial charge in [0, 0.05) is 4.88 Å². The molecule has 0 spiro atoms. The molecule has 1 saturated carbocycles. The predicted molar refractivity (Wildman–Crippen MR) is 67.4 cm³/mol. The van der Waals surface area contributed by atoms with Gasteiger partial charge in [-0.3, -0.25) is 9.59 Å². The zero-order chi connectivity index (χ0) is 13.5. The number of aryl methyl sites for hydroxylation is 2. The van der Waals surface area contributed by atoms with Gasteiger partial charge in [-0.25, -0.2) is 4.98 Å². The van der Waals surface area contributed by atoms with Crippen molar-refractivity contribution in [2.24, 2.45) is 5.41 Å². The lowest BCUT2D eigenvalue weighted by Crippen LogP contribution is -2.38. The molecule has 1 aliphatic rings. The average molecular weight is 268 g/mol. The minimum atomic E-state index is -1.18. The highest BCUT2D eigenvalue weighted by molar-refractivity contribution is 7.11. The second-order valence-corrected chi connectivity index (χ2v) is 6.00. The average Bonchev–Trinajstić information content (AvgIpc) is 3.00. The van der Waals surface area contributed by atoms with Crippen LogP contribution in [0.4, 0.5) is 0 Å². The number of carbonyl (C=O) groups excluding carboxylic acids is 1. The summed E-state index contributed by atoms with van der Waals surface area (Å²) in [5.74, 6) is -1.41. The predicted octanol–water partition coefficient (Wildman–Crippen LogP) is 1.80. The second-order valence-electron chi connectivity index (χ2n) is 4.76. The van der Waals surface area contributed by atoms with E-state index in [9.17, 15) is 9.59 Å². The van der Waals surface area contributed by atoms with E-state index in [1.165, 1.54) is 11.3 Å². The van der Waals surface area contributed by atoms with Crippen molar-refractivity contribution in [1.29, 1.82) is 0 Å². The third-order valence-corrected chi connectivity index (χ3v) is 4.53. The van der Waals surface area contributed by atoms with Gasteiger partial charge < -0.3 is 10.4 Å². The third-order valence-electron chi connectivity index (χ3n) is 3.27. The number of carboxylic acids is 1. The summed E-state index contributed by atoms with van der Waals surface area (Å²) in [6.45, 7) is 5.66. The van der Waals surface area contributed by atoms with E-state index < -0.39 is 11.4 Å². The Morgan fingerprint density at radius 1 is 1.44 bits per heavy atom. The molecule has 1 aliphatic carbocycles. The first-order valence-electron chi connectivity index (χ1n) is 5.85. The van der Waals surface area contributed by atoms with Crippen molar-refractivity contribution < 1.29 is 14.7 Å². The molecule has 98 valence electrons. The van der Waals surface area contributed by atoms with E-state index in [0.29, 0.717) is 12.8 Å². The monoisotopic (exact) mass is 268 g/mol. The zero-order valence-corrected chi connectivity index (χ0v) is 11.4. The maximum Gasteiger partial charge on any atom is 0.319 e. The fourth-order valence-electron chi connectivity index (χ4n) is 2.01. The van der Waals surface area contributed by atoms with Crippen molar-refractivity contribution in [2.75, 3.05) is 0 Å². The summed E-state index contributed by atoms with van der Waals surface area (Å²) in [6, 6.07) is -0.194. The normalized spacial score (nSPS) is 18.2. The highest BCUT2D eigenvalue weighted by Gasteiger charge is 2.57. The smallest absolute Gasteiger partial charge is 0.319 e. The van der Waals surface area contributed by atoms with Crippen LogP contribution in [0.25, 0.3) is 0 Å². The summed E-state index contributed by atoms with van der Waals surface area (Å²) in [5.41, 5.74) is -0.285. The van der Waals surface area contributed by atoms with E-state index in [2.05, 4.69) is 10.3 Å². The van der Waals surface area contributed by atoms with Gasteiger partial charge in [0.15, 0.2) is 0 Å². The van der Waals surface area contributed by atoms with Gasteiger partial charge in [0.05, 0.1) is 16.7 Å². The molecule has 2 rings (SSSR count). The van der Waals surface area contributed by atoms with Crippen molar-refractivity contribution >= 4 is 23.2 Å². The minimum absolute atomic E-state index is 0.194. The molecule has 0 bridgehead atoms. The fraction of sp³-hybridized carbons (Fsp3) is 0.583. The first kappa shape index (κ1) is 13.0. The molecule has 0 aliphatic heterocycles. The maximum absolute atomic E-state index is 12.0. The molecule has 0 radical (unpaired) electrons. The van der Waals surface area contributed by atoms with E-state index in [1.807, 2.05) is 20.8 Å². The van der Waals surface area contributed by atoms with Crippen molar-refractivity contribution in [1.82, 2.24) is 10.3 Å². The summed E-state index contributed by atoms with van der Waals surface area (Å²) in [7, 11) is 0. The maximum atomic E-state index is 12.0. The van der Waals surface area contributed by atoms with E-state index >= 15 is 0 Å². The molecule has 18 heavy (non-hydrogen) atoms. The Morgan fingerprint density at radius 2 is 2.06 bits per heavy atom. The number of rotatable bonds is 4. The number of nitrogens with one attached hydrogen (secondary N) is 1. The second kappa shape index (κ2) is 4.35.